The van der Waals surface area contributed by atoms with Crippen molar-refractivity contribution < 1.29 is 13.5 Å². The van der Waals surface area contributed by atoms with Crippen LogP contribution in [0, 0.1) is 5.92 Å². The van der Waals surface area contributed by atoms with Crippen LogP contribution in [0.3, 0.4) is 0 Å². The summed E-state index contributed by atoms with van der Waals surface area (Å²) in [5.74, 6) is 0.845. The number of hydrogen-bond acceptors (Lipinski definition) is 3. The minimum absolute atomic E-state index is 0.158. The van der Waals surface area contributed by atoms with E-state index in [-0.39, 0.29) is 18.3 Å². The van der Waals surface area contributed by atoms with E-state index in [1.807, 2.05) is 13.8 Å². The van der Waals surface area contributed by atoms with Crippen LogP contribution in [0.4, 0.5) is 0 Å². The summed E-state index contributed by atoms with van der Waals surface area (Å²) in [5, 5.41) is 8.53. The van der Waals surface area contributed by atoms with Crippen molar-refractivity contribution in [2.75, 3.05) is 18.1 Å². The molecule has 0 amide bonds. The van der Waals surface area contributed by atoms with E-state index < -0.39 is 9.84 Å². The van der Waals surface area contributed by atoms with Crippen molar-refractivity contribution in [2.24, 2.45) is 5.92 Å². The molecule has 0 saturated carbocycles. The molecule has 0 aromatic rings. The Kier molecular flexibility index (Phi) is 7.19. The van der Waals surface area contributed by atoms with Crippen LogP contribution in [0.5, 0.6) is 0 Å². The molecule has 14 heavy (non-hydrogen) atoms. The first-order valence-corrected chi connectivity index (χ1v) is 7.15. The summed E-state index contributed by atoms with van der Waals surface area (Å²) in [5.41, 5.74) is 0. The highest BCUT2D eigenvalue weighted by molar-refractivity contribution is 7.91. The van der Waals surface area contributed by atoms with Gasteiger partial charge in [0.1, 0.15) is 0 Å². The van der Waals surface area contributed by atoms with Gasteiger partial charge in [0.05, 0.1) is 11.5 Å². The third-order valence-electron chi connectivity index (χ3n) is 2.35. The molecule has 0 aromatic carbocycles. The summed E-state index contributed by atoms with van der Waals surface area (Å²) in [7, 11) is -2.86. The molecule has 1 unspecified atom stereocenters. The molecule has 86 valence electrons. The maximum atomic E-state index is 11.5. The summed E-state index contributed by atoms with van der Waals surface area (Å²) >= 11 is 0. The maximum Gasteiger partial charge on any atom is 0.150 e. The lowest BCUT2D eigenvalue weighted by molar-refractivity contribution is 0.284. The third-order valence-corrected chi connectivity index (χ3v) is 4.34. The molecule has 1 N–H and O–H groups in total. The van der Waals surface area contributed by atoms with Crippen LogP contribution in [0.1, 0.15) is 39.5 Å². The highest BCUT2D eigenvalue weighted by Gasteiger charge is 2.13. The highest BCUT2D eigenvalue weighted by Crippen LogP contribution is 2.08. The van der Waals surface area contributed by atoms with Crippen molar-refractivity contribution in [3.63, 3.8) is 0 Å². The number of rotatable bonds is 8. The van der Waals surface area contributed by atoms with Gasteiger partial charge in [-0.15, -0.1) is 0 Å². The van der Waals surface area contributed by atoms with E-state index in [0.717, 1.165) is 12.8 Å². The second kappa shape index (κ2) is 7.23. The lowest BCUT2D eigenvalue weighted by Gasteiger charge is -2.08. The van der Waals surface area contributed by atoms with Gasteiger partial charge in [-0.2, -0.15) is 0 Å². The van der Waals surface area contributed by atoms with E-state index in [9.17, 15) is 8.42 Å². The van der Waals surface area contributed by atoms with Gasteiger partial charge < -0.3 is 5.11 Å². The topological polar surface area (TPSA) is 54.4 Å². The molecule has 0 bridgehead atoms. The number of unbranched alkanes of at least 4 members (excludes halogenated alkanes) is 2. The number of hydrogen-bond donors (Lipinski definition) is 1. The SMILES string of the molecule is CCC(C)CS(=O)(=O)CCCCCO. The summed E-state index contributed by atoms with van der Waals surface area (Å²) in [6.45, 7) is 4.13. The first kappa shape index (κ1) is 13.9. The molecule has 4 heteroatoms. The van der Waals surface area contributed by atoms with Gasteiger partial charge >= 0.3 is 0 Å². The molecule has 0 aliphatic rings. The molecule has 0 radical (unpaired) electrons. The van der Waals surface area contributed by atoms with Crippen molar-refractivity contribution in [3.8, 4) is 0 Å². The minimum atomic E-state index is -2.86. The molecule has 0 heterocycles. The van der Waals surface area contributed by atoms with Gasteiger partial charge in [0.2, 0.25) is 0 Å². The smallest absolute Gasteiger partial charge is 0.150 e. The zero-order valence-corrected chi connectivity index (χ0v) is 10.0. The van der Waals surface area contributed by atoms with Crippen molar-refractivity contribution in [2.45, 2.75) is 39.5 Å². The summed E-state index contributed by atoms with van der Waals surface area (Å²) in [6, 6.07) is 0. The number of aliphatic hydroxyl groups excluding tert-OH is 1. The Labute approximate surface area is 87.4 Å². The average Bonchev–Trinajstić information content (AvgIpc) is 2.12. The molecule has 0 aromatic heterocycles. The van der Waals surface area contributed by atoms with Gasteiger partial charge in [0.25, 0.3) is 0 Å². The van der Waals surface area contributed by atoms with Crippen molar-refractivity contribution in [1.82, 2.24) is 0 Å². The fourth-order valence-electron chi connectivity index (χ4n) is 1.25. The summed E-state index contributed by atoms with van der Waals surface area (Å²) in [6.07, 6.45) is 3.10. The molecule has 0 rings (SSSR count). The first-order valence-electron chi connectivity index (χ1n) is 5.33. The standard InChI is InChI=1S/C10H22O3S/c1-3-10(2)9-14(12,13)8-6-4-5-7-11/h10-11H,3-9H2,1-2H3. The Morgan fingerprint density at radius 3 is 2.36 bits per heavy atom. The quantitative estimate of drug-likeness (QED) is 0.635. The van der Waals surface area contributed by atoms with Gasteiger partial charge in [-0.05, 0) is 18.8 Å². The second-order valence-corrected chi connectivity index (χ2v) is 6.14. The Balaban J connectivity index is 3.73. The molecule has 0 aliphatic heterocycles. The molecule has 0 spiro atoms. The fourth-order valence-corrected chi connectivity index (χ4v) is 3.16. The van der Waals surface area contributed by atoms with Crippen LogP contribution in [0.2, 0.25) is 0 Å². The van der Waals surface area contributed by atoms with Gasteiger partial charge in [-0.1, -0.05) is 26.7 Å². The zero-order valence-electron chi connectivity index (χ0n) is 9.20. The van der Waals surface area contributed by atoms with E-state index in [2.05, 4.69) is 0 Å². The van der Waals surface area contributed by atoms with Crippen LogP contribution in [0.15, 0.2) is 0 Å². The lowest BCUT2D eigenvalue weighted by Crippen LogP contribution is -2.16. The minimum Gasteiger partial charge on any atom is -0.396 e. The largest absolute Gasteiger partial charge is 0.396 e. The third kappa shape index (κ3) is 7.33. The lowest BCUT2D eigenvalue weighted by atomic mass is 10.2. The van der Waals surface area contributed by atoms with Gasteiger partial charge in [-0.25, -0.2) is 8.42 Å². The number of sulfone groups is 1. The fraction of sp³-hybridized carbons (Fsp3) is 1.00. The molecule has 0 aliphatic carbocycles. The van der Waals surface area contributed by atoms with Gasteiger partial charge in [0, 0.05) is 6.61 Å². The van der Waals surface area contributed by atoms with Crippen LogP contribution >= 0.6 is 0 Å². The van der Waals surface area contributed by atoms with Gasteiger partial charge in [0.15, 0.2) is 9.84 Å². The predicted octanol–water partition coefficient (Wildman–Crippen LogP) is 1.61. The van der Waals surface area contributed by atoms with Crippen molar-refractivity contribution >= 4 is 9.84 Å². The Morgan fingerprint density at radius 1 is 1.21 bits per heavy atom. The Morgan fingerprint density at radius 2 is 1.86 bits per heavy atom. The zero-order chi connectivity index (χ0) is 11.0. The second-order valence-electron chi connectivity index (χ2n) is 3.91. The van der Waals surface area contributed by atoms with Crippen LogP contribution < -0.4 is 0 Å². The molecular weight excluding hydrogens is 200 g/mol. The first-order chi connectivity index (χ1) is 6.52. The normalized spacial score (nSPS) is 14.2. The van der Waals surface area contributed by atoms with Crippen LogP contribution in [-0.2, 0) is 9.84 Å². The average molecular weight is 222 g/mol. The molecule has 1 atom stereocenters. The van der Waals surface area contributed by atoms with Crippen molar-refractivity contribution in [1.29, 1.82) is 0 Å². The van der Waals surface area contributed by atoms with E-state index in [1.165, 1.54) is 0 Å². The Bertz CT molecular complexity index is 222. The van der Waals surface area contributed by atoms with E-state index in [0.29, 0.717) is 18.6 Å². The highest BCUT2D eigenvalue weighted by atomic mass is 32.2. The Hall–Kier alpha value is -0.0900. The predicted molar refractivity (Wildman–Crippen MR) is 59.0 cm³/mol. The van der Waals surface area contributed by atoms with Crippen LogP contribution in [0.25, 0.3) is 0 Å². The monoisotopic (exact) mass is 222 g/mol. The summed E-state index contributed by atoms with van der Waals surface area (Å²) < 4.78 is 23.0. The maximum absolute atomic E-state index is 11.5. The van der Waals surface area contributed by atoms with E-state index in [1.54, 1.807) is 0 Å². The molecular formula is C10H22O3S. The van der Waals surface area contributed by atoms with E-state index >= 15 is 0 Å². The number of aliphatic hydroxyl groups is 1. The molecule has 0 saturated heterocycles. The molecule has 3 nitrogen and oxygen atoms in total. The van der Waals surface area contributed by atoms with E-state index in [4.69, 9.17) is 5.11 Å². The van der Waals surface area contributed by atoms with Crippen molar-refractivity contribution in [3.05, 3.63) is 0 Å². The van der Waals surface area contributed by atoms with Crippen LogP contribution in [-0.4, -0.2) is 31.6 Å². The van der Waals surface area contributed by atoms with Gasteiger partial charge in [-0.3, -0.25) is 0 Å². The summed E-state index contributed by atoms with van der Waals surface area (Å²) in [4.78, 5) is 0. The molecule has 0 fully saturated rings.